The molecule has 0 radical (unpaired) electrons. The van der Waals surface area contributed by atoms with Crippen LogP contribution in [0.5, 0.6) is 0 Å². The normalized spacial score (nSPS) is 11.9. The highest BCUT2D eigenvalue weighted by molar-refractivity contribution is 7.08. The number of rotatable bonds is 4. The van der Waals surface area contributed by atoms with E-state index in [1.807, 2.05) is 0 Å². The number of hydrogen-bond donors (Lipinski definition) is 2. The number of ether oxygens (including phenoxy) is 1. The molecule has 1 heterocycles. The quantitative estimate of drug-likeness (QED) is 0.709. The van der Waals surface area contributed by atoms with E-state index in [-0.39, 0.29) is 12.5 Å². The molecule has 15 heavy (non-hydrogen) atoms. The Hall–Kier alpha value is -1.40. The molecule has 0 aliphatic heterocycles. The van der Waals surface area contributed by atoms with Gasteiger partial charge in [0.05, 0.1) is 7.11 Å². The molecule has 0 saturated heterocycles. The minimum absolute atomic E-state index is 0.0708. The molecule has 1 rings (SSSR count). The third-order valence-corrected chi connectivity index (χ3v) is 2.45. The van der Waals surface area contributed by atoms with Gasteiger partial charge in [-0.2, -0.15) is 11.3 Å². The zero-order valence-electron chi connectivity index (χ0n) is 8.23. The first-order valence-corrected chi connectivity index (χ1v) is 5.23. The number of thiophene rings is 1. The summed E-state index contributed by atoms with van der Waals surface area (Å²) in [5, 5.41) is 6.06. The molecule has 0 spiro atoms. The molecule has 0 fully saturated rings. The van der Waals surface area contributed by atoms with Crippen molar-refractivity contribution < 1.29 is 14.3 Å². The van der Waals surface area contributed by atoms with Gasteiger partial charge in [-0.3, -0.25) is 9.59 Å². The lowest BCUT2D eigenvalue weighted by atomic mass is 10.3. The van der Waals surface area contributed by atoms with Crippen LogP contribution in [0.2, 0.25) is 0 Å². The number of hydrogen-bond acceptors (Lipinski definition) is 5. The Labute approximate surface area is 91.2 Å². The Kier molecular flexibility index (Phi) is 4.26. The van der Waals surface area contributed by atoms with Gasteiger partial charge >= 0.3 is 5.97 Å². The summed E-state index contributed by atoms with van der Waals surface area (Å²) in [6.45, 7) is 0.0708. The second-order valence-electron chi connectivity index (χ2n) is 2.85. The summed E-state index contributed by atoms with van der Waals surface area (Å²) >= 11 is 1.43. The number of carbonyl (C=O) groups is 2. The number of nitrogens with two attached hydrogens (primary N) is 1. The average molecular weight is 228 g/mol. The monoisotopic (exact) mass is 228 g/mol. The van der Waals surface area contributed by atoms with E-state index in [0.717, 1.165) is 0 Å². The van der Waals surface area contributed by atoms with Crippen LogP contribution < -0.4 is 11.1 Å². The number of carbonyl (C=O) groups excluding carboxylic acids is 2. The summed E-state index contributed by atoms with van der Waals surface area (Å²) in [6.07, 6.45) is 0. The van der Waals surface area contributed by atoms with Crippen molar-refractivity contribution in [3.05, 3.63) is 22.4 Å². The summed E-state index contributed by atoms with van der Waals surface area (Å²) in [4.78, 5) is 22.3. The fraction of sp³-hybridized carbons (Fsp3) is 0.333. The SMILES string of the molecule is COC(=O)[C@@H](N)CNC(=O)c1ccsc1. The Morgan fingerprint density at radius 3 is 2.93 bits per heavy atom. The minimum Gasteiger partial charge on any atom is -0.468 e. The Morgan fingerprint density at radius 2 is 2.40 bits per heavy atom. The van der Waals surface area contributed by atoms with Crippen molar-refractivity contribution in [2.75, 3.05) is 13.7 Å². The molecule has 82 valence electrons. The lowest BCUT2D eigenvalue weighted by Crippen LogP contribution is -2.43. The molecule has 0 aliphatic rings. The van der Waals surface area contributed by atoms with E-state index in [4.69, 9.17) is 5.73 Å². The minimum atomic E-state index is -0.822. The van der Waals surface area contributed by atoms with Gasteiger partial charge in [0.15, 0.2) is 0 Å². The number of esters is 1. The zero-order valence-corrected chi connectivity index (χ0v) is 9.04. The molecule has 1 amide bonds. The van der Waals surface area contributed by atoms with Crippen LogP contribution in [-0.4, -0.2) is 31.6 Å². The Morgan fingerprint density at radius 1 is 1.67 bits per heavy atom. The van der Waals surface area contributed by atoms with Gasteiger partial charge in [-0.05, 0) is 11.4 Å². The number of amides is 1. The molecular weight excluding hydrogens is 216 g/mol. The Bertz CT molecular complexity index is 337. The van der Waals surface area contributed by atoms with Crippen LogP contribution in [0, 0.1) is 0 Å². The molecule has 0 unspecified atom stereocenters. The van der Waals surface area contributed by atoms with E-state index in [1.54, 1.807) is 16.8 Å². The molecule has 1 atom stereocenters. The van der Waals surface area contributed by atoms with Crippen molar-refractivity contribution in [3.63, 3.8) is 0 Å². The van der Waals surface area contributed by atoms with Gasteiger partial charge in [-0.15, -0.1) is 0 Å². The van der Waals surface area contributed by atoms with Gasteiger partial charge in [0.25, 0.3) is 5.91 Å². The van der Waals surface area contributed by atoms with Crippen molar-refractivity contribution in [2.45, 2.75) is 6.04 Å². The first-order valence-electron chi connectivity index (χ1n) is 4.29. The van der Waals surface area contributed by atoms with Gasteiger partial charge in [0, 0.05) is 17.5 Å². The van der Waals surface area contributed by atoms with Crippen molar-refractivity contribution in [3.8, 4) is 0 Å². The third kappa shape index (κ3) is 3.34. The number of nitrogens with one attached hydrogen (secondary N) is 1. The molecule has 5 nitrogen and oxygen atoms in total. The highest BCUT2D eigenvalue weighted by Crippen LogP contribution is 2.04. The van der Waals surface area contributed by atoms with Crippen molar-refractivity contribution in [1.29, 1.82) is 0 Å². The second kappa shape index (κ2) is 5.47. The predicted molar refractivity (Wildman–Crippen MR) is 56.6 cm³/mol. The van der Waals surface area contributed by atoms with E-state index in [1.165, 1.54) is 18.4 Å². The maximum atomic E-state index is 11.4. The van der Waals surface area contributed by atoms with Crippen molar-refractivity contribution >= 4 is 23.2 Å². The van der Waals surface area contributed by atoms with Crippen molar-refractivity contribution in [2.24, 2.45) is 5.73 Å². The van der Waals surface area contributed by atoms with Crippen LogP contribution in [-0.2, 0) is 9.53 Å². The van der Waals surface area contributed by atoms with E-state index in [9.17, 15) is 9.59 Å². The van der Waals surface area contributed by atoms with E-state index in [0.29, 0.717) is 5.56 Å². The molecular formula is C9H12N2O3S. The Balaban J connectivity index is 2.38. The molecule has 1 aromatic heterocycles. The van der Waals surface area contributed by atoms with Crippen LogP contribution in [0.1, 0.15) is 10.4 Å². The molecule has 3 N–H and O–H groups in total. The standard InChI is InChI=1S/C9H12N2O3S/c1-14-9(13)7(10)4-11-8(12)6-2-3-15-5-6/h2-3,5,7H,4,10H2,1H3,(H,11,12)/t7-/m0/s1. The maximum absolute atomic E-state index is 11.4. The van der Waals surface area contributed by atoms with Gasteiger partial charge in [0.2, 0.25) is 0 Å². The summed E-state index contributed by atoms with van der Waals surface area (Å²) in [5.74, 6) is -0.781. The van der Waals surface area contributed by atoms with Gasteiger partial charge in [0.1, 0.15) is 6.04 Å². The summed E-state index contributed by atoms with van der Waals surface area (Å²) in [6, 6.07) is 0.876. The molecule has 6 heteroatoms. The van der Waals surface area contributed by atoms with Crippen LogP contribution in [0.25, 0.3) is 0 Å². The zero-order chi connectivity index (χ0) is 11.3. The molecule has 0 saturated carbocycles. The van der Waals surface area contributed by atoms with Crippen LogP contribution in [0.3, 0.4) is 0 Å². The van der Waals surface area contributed by atoms with Crippen LogP contribution in [0.15, 0.2) is 16.8 Å². The average Bonchev–Trinajstić information content (AvgIpc) is 2.77. The summed E-state index contributed by atoms with van der Waals surface area (Å²) < 4.78 is 4.42. The number of methoxy groups -OCH3 is 1. The predicted octanol–water partition coefficient (Wildman–Crippen LogP) is -0.0218. The lowest BCUT2D eigenvalue weighted by Gasteiger charge is -2.09. The van der Waals surface area contributed by atoms with E-state index < -0.39 is 12.0 Å². The first kappa shape index (κ1) is 11.7. The molecule has 0 aliphatic carbocycles. The first-order chi connectivity index (χ1) is 7.15. The second-order valence-corrected chi connectivity index (χ2v) is 3.63. The molecule has 0 aromatic carbocycles. The van der Waals surface area contributed by atoms with Gasteiger partial charge in [-0.1, -0.05) is 0 Å². The highest BCUT2D eigenvalue weighted by Gasteiger charge is 2.15. The van der Waals surface area contributed by atoms with Crippen LogP contribution in [0.4, 0.5) is 0 Å². The molecule has 0 bridgehead atoms. The van der Waals surface area contributed by atoms with Crippen molar-refractivity contribution in [1.82, 2.24) is 5.32 Å². The van der Waals surface area contributed by atoms with E-state index >= 15 is 0 Å². The summed E-state index contributed by atoms with van der Waals surface area (Å²) in [7, 11) is 1.25. The highest BCUT2D eigenvalue weighted by atomic mass is 32.1. The topological polar surface area (TPSA) is 81.4 Å². The van der Waals surface area contributed by atoms with Gasteiger partial charge < -0.3 is 15.8 Å². The summed E-state index contributed by atoms with van der Waals surface area (Å²) in [5.41, 5.74) is 6.01. The fourth-order valence-corrected chi connectivity index (χ4v) is 1.57. The molecule has 1 aromatic rings. The van der Waals surface area contributed by atoms with Gasteiger partial charge in [-0.25, -0.2) is 0 Å². The van der Waals surface area contributed by atoms with Crippen LogP contribution >= 0.6 is 11.3 Å². The lowest BCUT2D eigenvalue weighted by molar-refractivity contribution is -0.141. The third-order valence-electron chi connectivity index (χ3n) is 1.77. The smallest absolute Gasteiger partial charge is 0.324 e. The maximum Gasteiger partial charge on any atom is 0.324 e. The largest absolute Gasteiger partial charge is 0.468 e. The fourth-order valence-electron chi connectivity index (χ4n) is 0.933. The van der Waals surface area contributed by atoms with E-state index in [2.05, 4.69) is 10.1 Å².